The number of aliphatic carboxylic acids is 2. The molecule has 275 valence electrons. The summed E-state index contributed by atoms with van der Waals surface area (Å²) in [5, 5.41) is 42.0. The van der Waals surface area contributed by atoms with Crippen LogP contribution in [0.25, 0.3) is 10.8 Å². The second-order valence-corrected chi connectivity index (χ2v) is 13.2. The standard InChI is InChI=1S/C38H46N2O2.2C2H4O2.Co/c1-9-25(7)28-17-30(37(41)32(19-28)23(3)4)21-39-34-15-11-13-27-14-12-16-35(36(27)34)40-22-31-18-29(26(8)10-2)20-33(24(5)6)38(31)42;2*1-2(3)4;/h11-26,41-42H,9-10H2,1-8H3;2*1H3,(H,3,4);/q;;;+2/p-2. The summed E-state index contributed by atoms with van der Waals surface area (Å²) >= 11 is 0. The van der Waals surface area contributed by atoms with E-state index in [9.17, 15) is 10.2 Å². The number of carbonyl (C=O) groups is 2. The minimum atomic E-state index is -1.08. The Morgan fingerprint density at radius 1 is 0.667 bits per heavy atom. The van der Waals surface area contributed by atoms with Gasteiger partial charge in [-0.2, -0.15) is 0 Å². The van der Waals surface area contributed by atoms with Gasteiger partial charge in [0.05, 0.1) is 11.4 Å². The molecule has 0 aliphatic carbocycles. The molecule has 1 radical (unpaired) electrons. The molecule has 0 saturated carbocycles. The number of hydrogen-bond acceptors (Lipinski definition) is 8. The molecule has 2 unspecified atom stereocenters. The van der Waals surface area contributed by atoms with Crippen LogP contribution in [0.4, 0.5) is 11.4 Å². The molecule has 51 heavy (non-hydrogen) atoms. The predicted octanol–water partition coefficient (Wildman–Crippen LogP) is 8.54. The van der Waals surface area contributed by atoms with E-state index in [-0.39, 0.29) is 40.1 Å². The first kappa shape index (κ1) is 44.5. The van der Waals surface area contributed by atoms with Crippen molar-refractivity contribution in [3.63, 3.8) is 0 Å². The number of hydrogen-bond donors (Lipinski definition) is 2. The van der Waals surface area contributed by atoms with Crippen LogP contribution < -0.4 is 10.2 Å². The molecule has 2 atom stereocenters. The van der Waals surface area contributed by atoms with E-state index in [1.54, 1.807) is 12.4 Å². The number of benzene rings is 4. The monoisotopic (exact) mass is 739 g/mol. The molecule has 4 aromatic carbocycles. The zero-order chi connectivity index (χ0) is 37.7. The largest absolute Gasteiger partial charge is 2.00 e. The Morgan fingerprint density at radius 2 is 1.00 bits per heavy atom. The fourth-order valence-electron chi connectivity index (χ4n) is 5.32. The van der Waals surface area contributed by atoms with Crippen molar-refractivity contribution in [3.05, 3.63) is 94.0 Å². The Labute approximate surface area is 313 Å². The maximum Gasteiger partial charge on any atom is 2.00 e. The van der Waals surface area contributed by atoms with Crippen molar-refractivity contribution in [1.82, 2.24) is 0 Å². The summed E-state index contributed by atoms with van der Waals surface area (Å²) in [5.74, 6) is -0.411. The number of carbonyl (C=O) groups excluding carboxylic acids is 2. The zero-order valence-corrected chi connectivity index (χ0v) is 32.4. The maximum atomic E-state index is 11.1. The first-order chi connectivity index (χ1) is 23.5. The molecule has 9 heteroatoms. The number of carboxylic acids is 2. The van der Waals surface area contributed by atoms with Gasteiger partial charge in [-0.25, -0.2) is 0 Å². The summed E-state index contributed by atoms with van der Waals surface area (Å²) in [6.45, 7) is 19.2. The topological polar surface area (TPSA) is 145 Å². The molecule has 0 bridgehead atoms. The molecular formula is C42H52CoN2O6. The molecule has 8 nitrogen and oxygen atoms in total. The SMILES string of the molecule is CC(=O)[O-].CC(=O)[O-].CCC(C)c1cc(C=Nc2cccc3cccc(N=Cc4cc(C(C)CC)cc(C(C)C)c4O)c23)c(O)c(C(C)C)c1.[Co+2]. The second kappa shape index (κ2) is 21.0. The van der Waals surface area contributed by atoms with Crippen LogP contribution in [-0.2, 0) is 26.4 Å². The van der Waals surface area contributed by atoms with Crippen molar-refractivity contribution in [1.29, 1.82) is 0 Å². The first-order valence-electron chi connectivity index (χ1n) is 17.2. The smallest absolute Gasteiger partial charge is 0.550 e. The van der Waals surface area contributed by atoms with Crippen LogP contribution in [0.15, 0.2) is 70.6 Å². The normalized spacial score (nSPS) is 12.2. The fourth-order valence-corrected chi connectivity index (χ4v) is 5.32. The summed E-state index contributed by atoms with van der Waals surface area (Å²) in [4.78, 5) is 27.6. The predicted molar refractivity (Wildman–Crippen MR) is 202 cm³/mol. The van der Waals surface area contributed by atoms with Gasteiger partial charge >= 0.3 is 16.8 Å². The molecule has 0 aliphatic rings. The third-order valence-electron chi connectivity index (χ3n) is 8.54. The molecule has 4 rings (SSSR count). The van der Waals surface area contributed by atoms with Crippen LogP contribution in [0.5, 0.6) is 11.5 Å². The van der Waals surface area contributed by atoms with E-state index in [0.29, 0.717) is 11.8 Å². The number of nitrogens with zero attached hydrogens (tertiary/aromatic N) is 2. The minimum Gasteiger partial charge on any atom is -0.550 e. The Balaban J connectivity index is 0.00000131. The van der Waals surface area contributed by atoms with Crippen molar-refractivity contribution in [3.8, 4) is 11.5 Å². The Kier molecular flexibility index (Phi) is 18.4. The van der Waals surface area contributed by atoms with E-state index in [4.69, 9.17) is 29.8 Å². The quantitative estimate of drug-likeness (QED) is 0.156. The summed E-state index contributed by atoms with van der Waals surface area (Å²) in [6.07, 6.45) is 5.60. The van der Waals surface area contributed by atoms with E-state index < -0.39 is 11.9 Å². The summed E-state index contributed by atoms with van der Waals surface area (Å²) in [7, 11) is 0. The third kappa shape index (κ3) is 13.0. The van der Waals surface area contributed by atoms with Gasteiger partial charge in [0, 0.05) is 40.9 Å². The fraction of sp³-hybridized carbons (Fsp3) is 0.381. The number of phenolic OH excluding ortho intramolecular Hbond substituents is 2. The van der Waals surface area contributed by atoms with Gasteiger partial charge in [0.2, 0.25) is 0 Å². The Bertz CT molecular complexity index is 1690. The Morgan fingerprint density at radius 3 is 1.29 bits per heavy atom. The van der Waals surface area contributed by atoms with Gasteiger partial charge in [0.25, 0.3) is 0 Å². The van der Waals surface area contributed by atoms with Gasteiger partial charge in [0.15, 0.2) is 0 Å². The van der Waals surface area contributed by atoms with Crippen molar-refractivity contribution in [2.45, 2.75) is 106 Å². The van der Waals surface area contributed by atoms with Crippen LogP contribution in [0.2, 0.25) is 0 Å². The van der Waals surface area contributed by atoms with Crippen LogP contribution in [0.3, 0.4) is 0 Å². The zero-order valence-electron chi connectivity index (χ0n) is 31.4. The van der Waals surface area contributed by atoms with E-state index >= 15 is 0 Å². The summed E-state index contributed by atoms with van der Waals surface area (Å²) in [6, 6.07) is 20.4. The van der Waals surface area contributed by atoms with Crippen LogP contribution in [0.1, 0.15) is 139 Å². The van der Waals surface area contributed by atoms with Crippen molar-refractivity contribution in [2.75, 3.05) is 0 Å². The molecule has 0 aliphatic heterocycles. The van der Waals surface area contributed by atoms with Crippen LogP contribution >= 0.6 is 0 Å². The molecule has 4 aromatic rings. The van der Waals surface area contributed by atoms with Crippen LogP contribution in [-0.4, -0.2) is 34.6 Å². The van der Waals surface area contributed by atoms with Crippen molar-refractivity contribution in [2.24, 2.45) is 9.98 Å². The van der Waals surface area contributed by atoms with E-state index in [0.717, 1.165) is 71.1 Å². The summed E-state index contributed by atoms with van der Waals surface area (Å²) < 4.78 is 0. The number of phenols is 2. The number of carboxylic acid groups (broad SMARTS) is 2. The number of aliphatic imine (C=N–C) groups is 2. The van der Waals surface area contributed by atoms with E-state index in [1.165, 1.54) is 11.1 Å². The molecule has 0 heterocycles. The number of fused-ring (bicyclic) bond motifs is 1. The number of rotatable bonds is 10. The second-order valence-electron chi connectivity index (χ2n) is 13.2. The van der Waals surface area contributed by atoms with Crippen molar-refractivity contribution < 1.29 is 46.8 Å². The van der Waals surface area contributed by atoms with E-state index in [1.807, 2.05) is 24.3 Å². The molecular weight excluding hydrogens is 687 g/mol. The average molecular weight is 740 g/mol. The molecule has 0 fully saturated rings. The summed E-state index contributed by atoms with van der Waals surface area (Å²) in [5.41, 5.74) is 7.31. The molecule has 0 amide bonds. The van der Waals surface area contributed by atoms with E-state index in [2.05, 4.69) is 91.8 Å². The molecule has 2 N–H and O–H groups in total. The van der Waals surface area contributed by atoms with Gasteiger partial charge in [-0.3, -0.25) is 9.98 Å². The molecule has 0 spiro atoms. The molecule has 0 aromatic heterocycles. The third-order valence-corrected chi connectivity index (χ3v) is 8.54. The van der Waals surface area contributed by atoms with Gasteiger partial charge in [-0.1, -0.05) is 91.8 Å². The first-order valence-corrected chi connectivity index (χ1v) is 17.2. The maximum absolute atomic E-state index is 11.1. The van der Waals surface area contributed by atoms with Gasteiger partial charge in [-0.15, -0.1) is 0 Å². The molecule has 0 saturated heterocycles. The van der Waals surface area contributed by atoms with Crippen LogP contribution in [0, 0.1) is 0 Å². The average Bonchev–Trinajstić information content (AvgIpc) is 3.05. The van der Waals surface area contributed by atoms with Gasteiger partial charge in [-0.05, 0) is 102 Å². The van der Waals surface area contributed by atoms with Crippen molar-refractivity contribution >= 4 is 46.5 Å². The van der Waals surface area contributed by atoms with Gasteiger partial charge < -0.3 is 30.0 Å². The Hall–Kier alpha value is -4.47. The number of aromatic hydroxyl groups is 2. The minimum absolute atomic E-state index is 0. The van der Waals surface area contributed by atoms with Gasteiger partial charge in [0.1, 0.15) is 11.5 Å².